The van der Waals surface area contributed by atoms with Crippen LogP contribution in [0.15, 0.2) is 230 Å². The number of benzene rings is 9. The molecule has 0 saturated carbocycles. The van der Waals surface area contributed by atoms with Gasteiger partial charge < -0.3 is 0 Å². The average molecular weight is 848 g/mol. The van der Waals surface area contributed by atoms with Gasteiger partial charge in [0.05, 0.1) is 0 Å². The highest BCUT2D eigenvalue weighted by atomic mass is 15.3. The molecule has 0 amide bonds. The number of aromatic nitrogens is 1. The molecule has 66 heavy (non-hydrogen) atoms. The fourth-order valence-electron chi connectivity index (χ4n) is 9.40. The van der Waals surface area contributed by atoms with E-state index in [0.717, 1.165) is 29.1 Å². The van der Waals surface area contributed by atoms with E-state index < -0.39 is 0 Å². The summed E-state index contributed by atoms with van der Waals surface area (Å²) < 4.78 is 0. The fourth-order valence-corrected chi connectivity index (χ4v) is 9.40. The van der Waals surface area contributed by atoms with Gasteiger partial charge in [0, 0.05) is 11.9 Å². The number of rotatable bonds is 11. The zero-order chi connectivity index (χ0) is 45.0. The van der Waals surface area contributed by atoms with Gasteiger partial charge in [-0.05, 0) is 167 Å². The van der Waals surface area contributed by atoms with Crippen molar-refractivity contribution in [1.29, 1.82) is 0 Å². The van der Waals surface area contributed by atoms with Crippen molar-refractivity contribution < 1.29 is 0 Å². The molecule has 0 atom stereocenters. The molecule has 0 aliphatic rings. The normalized spacial score (nSPS) is 12.2. The van der Waals surface area contributed by atoms with Crippen molar-refractivity contribution in [3.05, 3.63) is 235 Å². The lowest BCUT2D eigenvalue weighted by atomic mass is 9.84. The molecule has 0 radical (unpaired) electrons. The lowest BCUT2D eigenvalue weighted by molar-refractivity contribution is 1.08. The Morgan fingerprint density at radius 2 is 1.05 bits per heavy atom. The Balaban J connectivity index is 1.13. The van der Waals surface area contributed by atoms with Gasteiger partial charge in [0.25, 0.3) is 0 Å². The first-order valence-electron chi connectivity index (χ1n) is 22.6. The predicted molar refractivity (Wildman–Crippen MR) is 284 cm³/mol. The van der Waals surface area contributed by atoms with Crippen LogP contribution in [0.5, 0.6) is 0 Å². The number of allylic oxidation sites excluding steroid dienone is 2. The molecular weight excluding hydrogens is 799 g/mol. The van der Waals surface area contributed by atoms with Crippen molar-refractivity contribution in [2.75, 3.05) is 4.90 Å². The van der Waals surface area contributed by atoms with Crippen molar-refractivity contribution in [2.24, 2.45) is 4.99 Å². The lowest BCUT2D eigenvalue weighted by Crippen LogP contribution is -2.23. The largest absolute Gasteiger partial charge is 0.279 e. The van der Waals surface area contributed by atoms with E-state index in [1.54, 1.807) is 12.3 Å². The van der Waals surface area contributed by atoms with Crippen LogP contribution in [0.3, 0.4) is 0 Å². The van der Waals surface area contributed by atoms with Crippen LogP contribution in [-0.2, 0) is 0 Å². The number of hydrogen-bond acceptors (Lipinski definition) is 3. The molecule has 3 nitrogen and oxygen atoms in total. The standard InChI is InChI=1S/C63H49N3/c1-5-14-50-40-52(31-21-43(50)7-3)45-22-27-48(28-23-45)62-56-18-10-11-19-57(56)63(49-29-24-46(25-30-49)53-32-26-44-16-8-9-17-51(44)41-53)59-42-54(35-38-58(59)62)47-33-36-55(37-34-47)66(60(64-4)15-6-2)61-20-12-13-39-65-61/h6-42H,2,4-5H2,1,3H3/b43-7-,50-14-,60-15+. The van der Waals surface area contributed by atoms with Gasteiger partial charge >= 0.3 is 0 Å². The van der Waals surface area contributed by atoms with Crippen molar-refractivity contribution in [1.82, 2.24) is 4.98 Å². The molecule has 0 saturated heterocycles. The Morgan fingerprint density at radius 1 is 0.515 bits per heavy atom. The van der Waals surface area contributed by atoms with Crippen LogP contribution in [0.2, 0.25) is 0 Å². The monoisotopic (exact) mass is 847 g/mol. The first-order valence-corrected chi connectivity index (χ1v) is 22.6. The van der Waals surface area contributed by atoms with E-state index >= 15 is 0 Å². The summed E-state index contributed by atoms with van der Waals surface area (Å²) in [6.07, 6.45) is 10.8. The summed E-state index contributed by atoms with van der Waals surface area (Å²) in [4.78, 5) is 11.0. The van der Waals surface area contributed by atoms with E-state index in [-0.39, 0.29) is 0 Å². The maximum Gasteiger partial charge on any atom is 0.138 e. The second kappa shape index (κ2) is 18.4. The van der Waals surface area contributed by atoms with Gasteiger partial charge in [0.1, 0.15) is 11.6 Å². The van der Waals surface area contributed by atoms with Gasteiger partial charge in [-0.2, -0.15) is 0 Å². The molecule has 1 aromatic heterocycles. The third-order valence-electron chi connectivity index (χ3n) is 12.6. The van der Waals surface area contributed by atoms with E-state index in [0.29, 0.717) is 5.82 Å². The summed E-state index contributed by atoms with van der Waals surface area (Å²) >= 11 is 0. The van der Waals surface area contributed by atoms with Gasteiger partial charge in [0.2, 0.25) is 0 Å². The van der Waals surface area contributed by atoms with Gasteiger partial charge in [0.15, 0.2) is 0 Å². The maximum absolute atomic E-state index is 4.65. The van der Waals surface area contributed by atoms with Crippen molar-refractivity contribution in [3.63, 3.8) is 0 Å². The fraction of sp³-hybridized carbons (Fsp3) is 0.0476. The van der Waals surface area contributed by atoms with E-state index in [1.165, 1.54) is 87.3 Å². The van der Waals surface area contributed by atoms with Crippen LogP contribution in [0.1, 0.15) is 20.3 Å². The lowest BCUT2D eigenvalue weighted by Gasteiger charge is -2.24. The topological polar surface area (TPSA) is 28.5 Å². The molecule has 0 spiro atoms. The molecule has 0 fully saturated rings. The molecule has 0 aliphatic carbocycles. The van der Waals surface area contributed by atoms with Crippen LogP contribution in [0.4, 0.5) is 11.5 Å². The number of anilines is 2. The Labute approximate surface area is 387 Å². The average Bonchev–Trinajstić information content (AvgIpc) is 3.38. The van der Waals surface area contributed by atoms with E-state index in [1.807, 2.05) is 29.2 Å². The van der Waals surface area contributed by atoms with Gasteiger partial charge in [-0.3, -0.25) is 4.90 Å². The van der Waals surface area contributed by atoms with Crippen LogP contribution < -0.4 is 15.3 Å². The smallest absolute Gasteiger partial charge is 0.138 e. The van der Waals surface area contributed by atoms with Gasteiger partial charge in [-0.25, -0.2) is 9.98 Å². The predicted octanol–water partition coefficient (Wildman–Crippen LogP) is 15.7. The summed E-state index contributed by atoms with van der Waals surface area (Å²) in [5.74, 6) is 1.38. The minimum Gasteiger partial charge on any atom is -0.279 e. The molecule has 316 valence electrons. The minimum absolute atomic E-state index is 0.638. The summed E-state index contributed by atoms with van der Waals surface area (Å²) in [5, 5.41) is 9.86. The molecule has 10 aromatic rings. The van der Waals surface area contributed by atoms with Crippen molar-refractivity contribution >= 4 is 62.7 Å². The number of hydrogen-bond donors (Lipinski definition) is 0. The molecule has 1 heterocycles. The summed E-state index contributed by atoms with van der Waals surface area (Å²) in [6.45, 7) is 12.1. The molecule has 0 unspecified atom stereocenters. The number of aliphatic imine (C=N–C) groups is 1. The van der Waals surface area contributed by atoms with Crippen LogP contribution in [0, 0.1) is 0 Å². The zero-order valence-electron chi connectivity index (χ0n) is 37.3. The molecule has 0 N–H and O–H groups in total. The highest BCUT2D eigenvalue weighted by Gasteiger charge is 2.19. The molecular formula is C63H49N3. The quantitative estimate of drug-likeness (QED) is 0.0737. The maximum atomic E-state index is 4.65. The summed E-state index contributed by atoms with van der Waals surface area (Å²) in [6, 6.07) is 70.6. The Kier molecular flexibility index (Phi) is 11.6. The highest BCUT2D eigenvalue weighted by molar-refractivity contribution is 6.22. The molecule has 10 rings (SSSR count). The van der Waals surface area contributed by atoms with Crippen LogP contribution in [-0.4, -0.2) is 11.7 Å². The summed E-state index contributed by atoms with van der Waals surface area (Å²) in [5.41, 5.74) is 12.8. The zero-order valence-corrected chi connectivity index (χ0v) is 37.3. The number of fused-ring (bicyclic) bond motifs is 3. The third-order valence-corrected chi connectivity index (χ3v) is 12.6. The van der Waals surface area contributed by atoms with E-state index in [9.17, 15) is 0 Å². The van der Waals surface area contributed by atoms with E-state index in [4.69, 9.17) is 0 Å². The second-order valence-corrected chi connectivity index (χ2v) is 16.5. The second-order valence-electron chi connectivity index (χ2n) is 16.5. The Hall–Kier alpha value is -8.40. The summed E-state index contributed by atoms with van der Waals surface area (Å²) in [7, 11) is 0. The Bertz CT molecular complexity index is 3580. The molecule has 9 aromatic carbocycles. The highest BCUT2D eigenvalue weighted by Crippen LogP contribution is 2.46. The molecule has 0 bridgehead atoms. The van der Waals surface area contributed by atoms with Crippen molar-refractivity contribution in [3.8, 4) is 55.6 Å². The number of nitrogens with zero attached hydrogens (tertiary/aromatic N) is 3. The van der Waals surface area contributed by atoms with Crippen LogP contribution >= 0.6 is 0 Å². The number of pyridine rings is 1. The minimum atomic E-state index is 0.638. The molecule has 3 heteroatoms. The first kappa shape index (κ1) is 41.6. The third kappa shape index (κ3) is 7.93. The SMILES string of the molecule is C=C/C=C(\N=C)N(c1ccc(-c2ccc3c(-c4ccc(-c5ccc(=C/C)/c(=C\CC)c5)cc4)c4ccccc4c(-c4ccc(-c5ccc6ccccc6c5)cc4)c3c2)cc1)c1ccccn1. The van der Waals surface area contributed by atoms with Gasteiger partial charge in [-0.1, -0.05) is 183 Å². The van der Waals surface area contributed by atoms with Crippen molar-refractivity contribution in [2.45, 2.75) is 20.3 Å². The Morgan fingerprint density at radius 3 is 1.67 bits per heavy atom. The van der Waals surface area contributed by atoms with Crippen LogP contribution in [0.25, 0.3) is 100 Å². The van der Waals surface area contributed by atoms with Gasteiger partial charge in [-0.15, -0.1) is 0 Å². The van der Waals surface area contributed by atoms with E-state index in [2.05, 4.69) is 225 Å². The molecule has 0 aliphatic heterocycles. The first-order chi connectivity index (χ1) is 32.5.